The largest absolute Gasteiger partial charge is 0.497 e. The van der Waals surface area contributed by atoms with Gasteiger partial charge in [0.05, 0.1) is 31.2 Å². The van der Waals surface area contributed by atoms with E-state index >= 15 is 0 Å². The molecule has 4 rings (SSSR count). The Morgan fingerprint density at radius 3 is 2.60 bits per heavy atom. The molecule has 0 radical (unpaired) electrons. The van der Waals surface area contributed by atoms with Crippen LogP contribution in [0.5, 0.6) is 11.5 Å². The van der Waals surface area contributed by atoms with Crippen LogP contribution in [0.15, 0.2) is 47.0 Å². The Bertz CT molecular complexity index is 995. The fourth-order valence-electron chi connectivity index (χ4n) is 3.86. The lowest BCUT2D eigenvalue weighted by Crippen LogP contribution is -2.42. The van der Waals surface area contributed by atoms with E-state index in [1.54, 1.807) is 20.4 Å². The standard InChI is InChI=1S/C23H27N3O4/c1-16-19(25-22(30-16)18-14-17(28-2)7-8-20(18)29-3)15-26-12-9-23(27,10-13-26)21-6-4-5-11-24-21/h4-8,11,14,27H,9-10,12-13,15H2,1-3H3. The van der Waals surface area contributed by atoms with Gasteiger partial charge < -0.3 is 19.0 Å². The minimum Gasteiger partial charge on any atom is -0.497 e. The van der Waals surface area contributed by atoms with Gasteiger partial charge in [-0.05, 0) is 50.1 Å². The number of hydrogen-bond acceptors (Lipinski definition) is 7. The number of rotatable bonds is 6. The van der Waals surface area contributed by atoms with Gasteiger partial charge in [0.15, 0.2) is 0 Å². The van der Waals surface area contributed by atoms with Crippen molar-refractivity contribution >= 4 is 0 Å². The molecule has 1 N–H and O–H groups in total. The molecule has 7 nitrogen and oxygen atoms in total. The van der Waals surface area contributed by atoms with Crippen LogP contribution in [0.25, 0.3) is 11.5 Å². The Labute approximate surface area is 176 Å². The van der Waals surface area contributed by atoms with Crippen LogP contribution in [0.2, 0.25) is 0 Å². The van der Waals surface area contributed by atoms with Gasteiger partial charge in [0.1, 0.15) is 22.9 Å². The highest BCUT2D eigenvalue weighted by molar-refractivity contribution is 5.65. The van der Waals surface area contributed by atoms with Gasteiger partial charge in [0.2, 0.25) is 5.89 Å². The lowest BCUT2D eigenvalue weighted by molar-refractivity contribution is -0.0313. The van der Waals surface area contributed by atoms with Gasteiger partial charge in [-0.3, -0.25) is 9.88 Å². The number of aromatic nitrogens is 2. The van der Waals surface area contributed by atoms with Crippen molar-refractivity contribution in [3.8, 4) is 23.0 Å². The highest BCUT2D eigenvalue weighted by Crippen LogP contribution is 2.35. The Morgan fingerprint density at radius 2 is 1.93 bits per heavy atom. The quantitative estimate of drug-likeness (QED) is 0.667. The fraction of sp³-hybridized carbons (Fsp3) is 0.391. The van der Waals surface area contributed by atoms with Gasteiger partial charge in [-0.2, -0.15) is 0 Å². The summed E-state index contributed by atoms with van der Waals surface area (Å²) in [7, 11) is 3.25. The molecule has 2 aromatic heterocycles. The Kier molecular flexibility index (Phi) is 5.74. The average Bonchev–Trinajstić information content (AvgIpc) is 3.15. The molecule has 0 saturated carbocycles. The summed E-state index contributed by atoms with van der Waals surface area (Å²) in [6, 6.07) is 11.2. The number of hydrogen-bond donors (Lipinski definition) is 1. The molecule has 3 heterocycles. The van der Waals surface area contributed by atoms with Crippen LogP contribution in [0.1, 0.15) is 30.0 Å². The monoisotopic (exact) mass is 409 g/mol. The maximum atomic E-state index is 11.0. The van der Waals surface area contributed by atoms with E-state index in [1.165, 1.54) is 0 Å². The van der Waals surface area contributed by atoms with Crippen LogP contribution in [0.3, 0.4) is 0 Å². The zero-order chi connectivity index (χ0) is 21.1. The highest BCUT2D eigenvalue weighted by atomic mass is 16.5. The summed E-state index contributed by atoms with van der Waals surface area (Å²) in [4.78, 5) is 11.4. The van der Waals surface area contributed by atoms with E-state index < -0.39 is 5.60 Å². The van der Waals surface area contributed by atoms with Crippen LogP contribution in [0.4, 0.5) is 0 Å². The van der Waals surface area contributed by atoms with Crippen LogP contribution < -0.4 is 9.47 Å². The molecule has 30 heavy (non-hydrogen) atoms. The number of aryl methyl sites for hydroxylation is 1. The van der Waals surface area contributed by atoms with Gasteiger partial charge >= 0.3 is 0 Å². The smallest absolute Gasteiger partial charge is 0.230 e. The normalized spacial score (nSPS) is 16.4. The van der Waals surface area contributed by atoms with Crippen molar-refractivity contribution < 1.29 is 19.0 Å². The number of oxazole rings is 1. The van der Waals surface area contributed by atoms with Crippen molar-refractivity contribution in [1.29, 1.82) is 0 Å². The molecule has 1 aliphatic heterocycles. The second kappa shape index (κ2) is 8.45. The molecule has 1 fully saturated rings. The number of aliphatic hydroxyl groups is 1. The molecule has 1 aliphatic rings. The van der Waals surface area contributed by atoms with Crippen molar-refractivity contribution in [3.63, 3.8) is 0 Å². The van der Waals surface area contributed by atoms with Gasteiger partial charge in [-0.15, -0.1) is 0 Å². The highest BCUT2D eigenvalue weighted by Gasteiger charge is 2.35. The first-order valence-electron chi connectivity index (χ1n) is 10.1. The van der Waals surface area contributed by atoms with Crippen molar-refractivity contribution in [2.45, 2.75) is 31.9 Å². The van der Waals surface area contributed by atoms with Crippen LogP contribution >= 0.6 is 0 Å². The molecular formula is C23H27N3O4. The fourth-order valence-corrected chi connectivity index (χ4v) is 3.86. The lowest BCUT2D eigenvalue weighted by atomic mass is 9.87. The SMILES string of the molecule is COc1ccc(OC)c(-c2nc(CN3CCC(O)(c4ccccn4)CC3)c(C)o2)c1. The van der Waals surface area contributed by atoms with Crippen molar-refractivity contribution in [2.24, 2.45) is 0 Å². The van der Waals surface area contributed by atoms with Crippen molar-refractivity contribution in [2.75, 3.05) is 27.3 Å². The third kappa shape index (κ3) is 4.04. The van der Waals surface area contributed by atoms with Gasteiger partial charge in [-0.25, -0.2) is 4.98 Å². The van der Waals surface area contributed by atoms with Crippen molar-refractivity contribution in [3.05, 3.63) is 59.7 Å². The zero-order valence-corrected chi connectivity index (χ0v) is 17.6. The minimum atomic E-state index is -0.865. The maximum Gasteiger partial charge on any atom is 0.230 e. The number of benzene rings is 1. The van der Waals surface area contributed by atoms with E-state index in [-0.39, 0.29) is 0 Å². The Morgan fingerprint density at radius 1 is 1.13 bits per heavy atom. The first kappa shape index (κ1) is 20.4. The number of likely N-dealkylation sites (tertiary alicyclic amines) is 1. The Balaban J connectivity index is 1.48. The summed E-state index contributed by atoms with van der Waals surface area (Å²) < 4.78 is 16.8. The number of nitrogens with zero attached hydrogens (tertiary/aromatic N) is 3. The predicted octanol–water partition coefficient (Wildman–Crippen LogP) is 3.55. The topological polar surface area (TPSA) is 80.9 Å². The molecule has 0 aliphatic carbocycles. The number of pyridine rings is 1. The molecule has 0 unspecified atom stereocenters. The van der Waals surface area contributed by atoms with E-state index in [0.717, 1.165) is 35.8 Å². The molecule has 0 amide bonds. The van der Waals surface area contributed by atoms with E-state index in [9.17, 15) is 5.11 Å². The summed E-state index contributed by atoms with van der Waals surface area (Å²) in [6.45, 7) is 4.11. The van der Waals surface area contributed by atoms with Crippen molar-refractivity contribution in [1.82, 2.24) is 14.9 Å². The van der Waals surface area contributed by atoms with Crippen LogP contribution in [-0.4, -0.2) is 47.3 Å². The first-order valence-corrected chi connectivity index (χ1v) is 10.1. The number of methoxy groups -OCH3 is 2. The second-order valence-electron chi connectivity index (χ2n) is 7.61. The average molecular weight is 409 g/mol. The summed E-state index contributed by atoms with van der Waals surface area (Å²) in [5, 5.41) is 11.0. The predicted molar refractivity (Wildman–Crippen MR) is 112 cm³/mol. The third-order valence-electron chi connectivity index (χ3n) is 5.73. The maximum absolute atomic E-state index is 11.0. The van der Waals surface area contributed by atoms with Gasteiger partial charge in [0.25, 0.3) is 0 Å². The van der Waals surface area contributed by atoms with Gasteiger partial charge in [0, 0.05) is 25.8 Å². The molecule has 0 bridgehead atoms. The molecule has 158 valence electrons. The molecule has 0 atom stereocenters. The Hall–Kier alpha value is -2.90. The number of piperidine rings is 1. The first-order chi connectivity index (χ1) is 14.5. The third-order valence-corrected chi connectivity index (χ3v) is 5.73. The van der Waals surface area contributed by atoms with E-state index in [0.29, 0.717) is 36.8 Å². The molecular weight excluding hydrogens is 382 g/mol. The lowest BCUT2D eigenvalue weighted by Gasteiger charge is -2.37. The minimum absolute atomic E-state index is 0.514. The summed E-state index contributed by atoms with van der Waals surface area (Å²) in [5.41, 5.74) is 1.53. The molecule has 0 spiro atoms. The zero-order valence-electron chi connectivity index (χ0n) is 17.6. The van der Waals surface area contributed by atoms with E-state index in [4.69, 9.17) is 18.9 Å². The van der Waals surface area contributed by atoms with E-state index in [1.807, 2.05) is 43.3 Å². The summed E-state index contributed by atoms with van der Waals surface area (Å²) in [5.74, 6) is 2.69. The summed E-state index contributed by atoms with van der Waals surface area (Å²) >= 11 is 0. The molecule has 1 saturated heterocycles. The molecule has 3 aromatic rings. The number of ether oxygens (including phenoxy) is 2. The van der Waals surface area contributed by atoms with E-state index in [2.05, 4.69) is 9.88 Å². The van der Waals surface area contributed by atoms with Gasteiger partial charge in [-0.1, -0.05) is 6.07 Å². The summed E-state index contributed by atoms with van der Waals surface area (Å²) in [6.07, 6.45) is 3.00. The second-order valence-corrected chi connectivity index (χ2v) is 7.61. The van der Waals surface area contributed by atoms with Crippen LogP contribution in [-0.2, 0) is 12.1 Å². The molecule has 7 heteroatoms. The van der Waals surface area contributed by atoms with Crippen LogP contribution in [0, 0.1) is 6.92 Å². The molecule has 1 aromatic carbocycles.